The van der Waals surface area contributed by atoms with Gasteiger partial charge in [0, 0.05) is 10.9 Å². The van der Waals surface area contributed by atoms with E-state index in [1.54, 1.807) is 18.4 Å². The van der Waals surface area contributed by atoms with Crippen LogP contribution in [0.25, 0.3) is 27.6 Å². The van der Waals surface area contributed by atoms with E-state index in [0.29, 0.717) is 22.8 Å². The molecule has 0 bridgehead atoms. The number of hydrogen-bond donors (Lipinski definition) is 1. The fourth-order valence-corrected chi connectivity index (χ4v) is 4.51. The fourth-order valence-electron chi connectivity index (χ4n) is 3.59. The van der Waals surface area contributed by atoms with Crippen molar-refractivity contribution >= 4 is 39.7 Å². The van der Waals surface area contributed by atoms with Crippen LogP contribution in [0.15, 0.2) is 52.4 Å². The average Bonchev–Trinajstić information content (AvgIpc) is 3.06. The Bertz CT molecular complexity index is 1300. The minimum Gasteiger partial charge on any atom is -0.465 e. The van der Waals surface area contributed by atoms with Crippen molar-refractivity contribution in [1.29, 1.82) is 0 Å². The van der Waals surface area contributed by atoms with Gasteiger partial charge >= 0.3 is 5.97 Å². The number of nitrogens with one attached hydrogen (secondary N) is 1. The topological polar surface area (TPSA) is 77.0 Å². The SMILES string of the molecule is CCOC(=O)[C@H](C)Sc1nc2c([nH]c3ccccc32)c(=O)n1-c1cc(C)cc(C)c1. The highest BCUT2D eigenvalue weighted by Crippen LogP contribution is 2.29. The van der Waals surface area contributed by atoms with Crippen molar-refractivity contribution in [2.75, 3.05) is 6.61 Å². The highest BCUT2D eigenvalue weighted by molar-refractivity contribution is 8.00. The third kappa shape index (κ3) is 3.61. The number of esters is 1. The number of nitrogens with zero attached hydrogens (tertiary/aromatic N) is 2. The van der Waals surface area contributed by atoms with E-state index in [0.717, 1.165) is 27.7 Å². The summed E-state index contributed by atoms with van der Waals surface area (Å²) in [6.45, 7) is 7.83. The minimum absolute atomic E-state index is 0.195. The number of para-hydroxylation sites is 1. The number of hydrogen-bond acceptors (Lipinski definition) is 5. The van der Waals surface area contributed by atoms with E-state index in [1.807, 2.05) is 50.2 Å². The quantitative estimate of drug-likeness (QED) is 0.291. The molecular formula is C23H23N3O3S. The number of H-pyrrole nitrogens is 1. The van der Waals surface area contributed by atoms with Crippen LogP contribution in [0.5, 0.6) is 0 Å². The third-order valence-corrected chi connectivity index (χ3v) is 5.89. The molecule has 0 unspecified atom stereocenters. The van der Waals surface area contributed by atoms with Crippen LogP contribution in [-0.2, 0) is 9.53 Å². The molecule has 0 aliphatic carbocycles. The molecule has 30 heavy (non-hydrogen) atoms. The van der Waals surface area contributed by atoms with Crippen molar-refractivity contribution < 1.29 is 9.53 Å². The molecule has 0 aliphatic heterocycles. The predicted molar refractivity (Wildman–Crippen MR) is 121 cm³/mol. The van der Waals surface area contributed by atoms with Gasteiger partial charge in [-0.1, -0.05) is 36.0 Å². The maximum Gasteiger partial charge on any atom is 0.319 e. The largest absolute Gasteiger partial charge is 0.465 e. The van der Waals surface area contributed by atoms with Crippen LogP contribution in [0.2, 0.25) is 0 Å². The van der Waals surface area contributed by atoms with Crippen LogP contribution in [-0.4, -0.2) is 32.4 Å². The molecule has 2 aromatic carbocycles. The second kappa shape index (κ2) is 7.99. The van der Waals surface area contributed by atoms with E-state index in [-0.39, 0.29) is 11.5 Å². The molecule has 1 N–H and O–H groups in total. The zero-order valence-corrected chi connectivity index (χ0v) is 18.2. The highest BCUT2D eigenvalue weighted by atomic mass is 32.2. The Kier molecular flexibility index (Phi) is 5.39. The second-order valence-corrected chi connectivity index (χ2v) is 8.60. The molecule has 0 saturated carbocycles. The van der Waals surface area contributed by atoms with E-state index >= 15 is 0 Å². The van der Waals surface area contributed by atoms with Crippen LogP contribution < -0.4 is 5.56 Å². The van der Waals surface area contributed by atoms with Gasteiger partial charge in [0.15, 0.2) is 5.16 Å². The Morgan fingerprint density at radius 3 is 2.60 bits per heavy atom. The molecule has 2 heterocycles. The lowest BCUT2D eigenvalue weighted by molar-refractivity contribution is -0.142. The number of aryl methyl sites for hydroxylation is 2. The standard InChI is InChI=1S/C23H23N3O3S/c1-5-29-22(28)15(4)30-23-25-19-17-8-6-7-9-18(17)24-20(19)21(27)26(23)16-11-13(2)10-14(3)12-16/h6-12,15,24H,5H2,1-4H3/t15-/m0/s1. The molecule has 0 radical (unpaired) electrons. The zero-order valence-electron chi connectivity index (χ0n) is 17.4. The van der Waals surface area contributed by atoms with Gasteiger partial charge in [-0.2, -0.15) is 0 Å². The summed E-state index contributed by atoms with van der Waals surface area (Å²) in [6, 6.07) is 13.6. The first-order chi connectivity index (χ1) is 14.4. The van der Waals surface area contributed by atoms with Gasteiger partial charge in [-0.15, -0.1) is 0 Å². The van der Waals surface area contributed by atoms with Gasteiger partial charge in [-0.3, -0.25) is 14.2 Å². The van der Waals surface area contributed by atoms with Crippen LogP contribution in [0.4, 0.5) is 0 Å². The number of benzene rings is 2. The number of rotatable bonds is 5. The summed E-state index contributed by atoms with van der Waals surface area (Å²) in [4.78, 5) is 33.9. The molecule has 0 aliphatic rings. The second-order valence-electron chi connectivity index (χ2n) is 7.29. The molecular weight excluding hydrogens is 398 g/mol. The lowest BCUT2D eigenvalue weighted by atomic mass is 10.1. The zero-order chi connectivity index (χ0) is 21.4. The van der Waals surface area contributed by atoms with Gasteiger partial charge in [0.1, 0.15) is 16.3 Å². The number of aromatic nitrogens is 3. The molecule has 0 fully saturated rings. The normalized spacial score (nSPS) is 12.4. The Labute approximate surface area is 178 Å². The smallest absolute Gasteiger partial charge is 0.319 e. The Morgan fingerprint density at radius 1 is 1.20 bits per heavy atom. The maximum absolute atomic E-state index is 13.6. The van der Waals surface area contributed by atoms with Gasteiger partial charge in [0.25, 0.3) is 5.56 Å². The number of ether oxygens (including phenoxy) is 1. The van der Waals surface area contributed by atoms with E-state index in [2.05, 4.69) is 11.1 Å². The number of thioether (sulfide) groups is 1. The van der Waals surface area contributed by atoms with Crippen LogP contribution >= 0.6 is 11.8 Å². The summed E-state index contributed by atoms with van der Waals surface area (Å²) in [5.74, 6) is -0.331. The van der Waals surface area contributed by atoms with Crippen LogP contribution in [0.3, 0.4) is 0 Å². The molecule has 0 spiro atoms. The van der Waals surface area contributed by atoms with Crippen LogP contribution in [0.1, 0.15) is 25.0 Å². The number of aromatic amines is 1. The van der Waals surface area contributed by atoms with Crippen molar-refractivity contribution in [2.24, 2.45) is 0 Å². The lowest BCUT2D eigenvalue weighted by Crippen LogP contribution is -2.24. The summed E-state index contributed by atoms with van der Waals surface area (Å²) in [6.07, 6.45) is 0. The third-order valence-electron chi connectivity index (χ3n) is 4.86. The number of carbonyl (C=O) groups excluding carboxylic acids is 1. The van der Waals surface area contributed by atoms with E-state index in [1.165, 1.54) is 11.8 Å². The van der Waals surface area contributed by atoms with E-state index in [9.17, 15) is 9.59 Å². The van der Waals surface area contributed by atoms with Gasteiger partial charge in [0.2, 0.25) is 0 Å². The average molecular weight is 422 g/mol. The maximum atomic E-state index is 13.6. The predicted octanol–water partition coefficient (Wildman–Crippen LogP) is 4.53. The van der Waals surface area contributed by atoms with Gasteiger partial charge in [-0.05, 0) is 57.0 Å². The molecule has 0 amide bonds. The molecule has 1 atom stereocenters. The molecule has 4 rings (SSSR count). The van der Waals surface area contributed by atoms with Gasteiger partial charge in [0.05, 0.1) is 12.3 Å². The van der Waals surface area contributed by atoms with E-state index in [4.69, 9.17) is 9.72 Å². The monoisotopic (exact) mass is 421 g/mol. The first-order valence-corrected chi connectivity index (χ1v) is 10.7. The summed E-state index contributed by atoms with van der Waals surface area (Å²) in [5, 5.41) is 0.835. The summed E-state index contributed by atoms with van der Waals surface area (Å²) < 4.78 is 6.73. The Morgan fingerprint density at radius 2 is 1.90 bits per heavy atom. The van der Waals surface area contributed by atoms with Gasteiger partial charge in [-0.25, -0.2) is 4.98 Å². The summed E-state index contributed by atoms with van der Waals surface area (Å²) in [7, 11) is 0. The summed E-state index contributed by atoms with van der Waals surface area (Å²) >= 11 is 1.23. The van der Waals surface area contributed by atoms with E-state index < -0.39 is 5.25 Å². The summed E-state index contributed by atoms with van der Waals surface area (Å²) in [5.41, 5.74) is 4.53. The molecule has 4 aromatic rings. The molecule has 0 saturated heterocycles. The lowest BCUT2D eigenvalue weighted by Gasteiger charge is -2.16. The van der Waals surface area contributed by atoms with Gasteiger partial charge < -0.3 is 9.72 Å². The van der Waals surface area contributed by atoms with Crippen molar-refractivity contribution in [3.63, 3.8) is 0 Å². The Balaban J connectivity index is 1.99. The van der Waals surface area contributed by atoms with Crippen molar-refractivity contribution in [3.8, 4) is 5.69 Å². The highest BCUT2D eigenvalue weighted by Gasteiger charge is 2.22. The van der Waals surface area contributed by atoms with Crippen molar-refractivity contribution in [1.82, 2.24) is 14.5 Å². The number of fused-ring (bicyclic) bond motifs is 3. The molecule has 6 nitrogen and oxygen atoms in total. The Hall–Kier alpha value is -3.06. The van der Waals surface area contributed by atoms with Crippen molar-refractivity contribution in [2.45, 2.75) is 38.1 Å². The van der Waals surface area contributed by atoms with Crippen molar-refractivity contribution in [3.05, 3.63) is 63.9 Å². The minimum atomic E-state index is -0.503. The fraction of sp³-hybridized carbons (Fsp3) is 0.261. The molecule has 2 aromatic heterocycles. The molecule has 7 heteroatoms. The molecule has 154 valence electrons. The first kappa shape index (κ1) is 20.2. The first-order valence-electron chi connectivity index (χ1n) is 9.84. The van der Waals surface area contributed by atoms with Crippen LogP contribution in [0, 0.1) is 13.8 Å². The number of carbonyl (C=O) groups is 1.